The summed E-state index contributed by atoms with van der Waals surface area (Å²) in [6, 6.07) is 5.05. The van der Waals surface area contributed by atoms with Gasteiger partial charge < -0.3 is 14.7 Å². The third-order valence-corrected chi connectivity index (χ3v) is 3.31. The van der Waals surface area contributed by atoms with Crippen LogP contribution in [-0.2, 0) is 11.2 Å². The van der Waals surface area contributed by atoms with E-state index in [1.54, 1.807) is 18.2 Å². The highest BCUT2D eigenvalue weighted by Crippen LogP contribution is 2.26. The van der Waals surface area contributed by atoms with E-state index in [1.165, 1.54) is 13.5 Å². The average molecular weight is 249 g/mol. The second-order valence-corrected chi connectivity index (χ2v) is 4.62. The molecular weight excluding hydrogens is 230 g/mol. The molecule has 0 atom stereocenters. The highest BCUT2D eigenvalue weighted by Gasteiger charge is 2.17. The van der Waals surface area contributed by atoms with Crippen LogP contribution >= 0.6 is 0 Å². The first kappa shape index (κ1) is 12.7. The standard InChI is InChI=1S/C14H19NO3/c1-18-13-9-11(5-6-12(13)16)10-14(17)15-7-3-2-4-8-15/h5-6,9,16H,2-4,7-8,10H2,1H3. The number of carbonyl (C=O) groups is 1. The van der Waals surface area contributed by atoms with E-state index in [4.69, 9.17) is 4.74 Å². The fourth-order valence-corrected chi connectivity index (χ4v) is 2.26. The monoisotopic (exact) mass is 249 g/mol. The summed E-state index contributed by atoms with van der Waals surface area (Å²) < 4.78 is 5.04. The Morgan fingerprint density at radius 3 is 2.72 bits per heavy atom. The molecule has 0 spiro atoms. The molecule has 1 aromatic rings. The van der Waals surface area contributed by atoms with E-state index >= 15 is 0 Å². The molecule has 1 fully saturated rings. The summed E-state index contributed by atoms with van der Waals surface area (Å²) in [5, 5.41) is 9.50. The van der Waals surface area contributed by atoms with Crippen molar-refractivity contribution in [3.63, 3.8) is 0 Å². The van der Waals surface area contributed by atoms with E-state index in [-0.39, 0.29) is 11.7 Å². The molecule has 1 N–H and O–H groups in total. The predicted molar refractivity (Wildman–Crippen MR) is 68.8 cm³/mol. The lowest BCUT2D eigenvalue weighted by Gasteiger charge is -2.26. The molecule has 0 unspecified atom stereocenters. The van der Waals surface area contributed by atoms with Crippen molar-refractivity contribution in [1.29, 1.82) is 0 Å². The van der Waals surface area contributed by atoms with Gasteiger partial charge in [-0.25, -0.2) is 0 Å². The summed E-state index contributed by atoms with van der Waals surface area (Å²) in [5.74, 6) is 0.674. The lowest BCUT2D eigenvalue weighted by atomic mass is 10.1. The van der Waals surface area contributed by atoms with Crippen LogP contribution in [0, 0.1) is 0 Å². The van der Waals surface area contributed by atoms with Crippen LogP contribution in [0.4, 0.5) is 0 Å². The number of nitrogens with zero attached hydrogens (tertiary/aromatic N) is 1. The third-order valence-electron chi connectivity index (χ3n) is 3.31. The number of carbonyl (C=O) groups excluding carboxylic acids is 1. The molecule has 98 valence electrons. The third kappa shape index (κ3) is 2.94. The molecule has 0 aromatic heterocycles. The minimum atomic E-state index is 0.103. The maximum Gasteiger partial charge on any atom is 0.226 e. The van der Waals surface area contributed by atoms with Gasteiger partial charge in [-0.15, -0.1) is 0 Å². The minimum Gasteiger partial charge on any atom is -0.504 e. The zero-order valence-corrected chi connectivity index (χ0v) is 10.7. The smallest absolute Gasteiger partial charge is 0.226 e. The number of piperidine rings is 1. The van der Waals surface area contributed by atoms with Gasteiger partial charge in [0.15, 0.2) is 11.5 Å². The Kier molecular flexibility index (Phi) is 4.07. The van der Waals surface area contributed by atoms with Crippen LogP contribution in [0.3, 0.4) is 0 Å². The largest absolute Gasteiger partial charge is 0.504 e. The van der Waals surface area contributed by atoms with Gasteiger partial charge in [0.05, 0.1) is 13.5 Å². The first-order chi connectivity index (χ1) is 8.70. The van der Waals surface area contributed by atoms with Gasteiger partial charge in [-0.3, -0.25) is 4.79 Å². The van der Waals surface area contributed by atoms with Gasteiger partial charge in [-0.2, -0.15) is 0 Å². The number of amides is 1. The molecule has 0 bridgehead atoms. The highest BCUT2D eigenvalue weighted by atomic mass is 16.5. The SMILES string of the molecule is COc1cc(CC(=O)N2CCCCC2)ccc1O. The number of phenols is 1. The van der Waals surface area contributed by atoms with Crippen molar-refractivity contribution in [2.24, 2.45) is 0 Å². The summed E-state index contributed by atoms with van der Waals surface area (Å²) in [6.07, 6.45) is 3.79. The van der Waals surface area contributed by atoms with Crippen LogP contribution in [0.25, 0.3) is 0 Å². The predicted octanol–water partition coefficient (Wildman–Crippen LogP) is 1.96. The van der Waals surface area contributed by atoms with E-state index in [0.717, 1.165) is 31.5 Å². The lowest BCUT2D eigenvalue weighted by molar-refractivity contribution is -0.131. The molecule has 1 amide bonds. The number of likely N-dealkylation sites (tertiary alicyclic amines) is 1. The van der Waals surface area contributed by atoms with Crippen molar-refractivity contribution in [3.05, 3.63) is 23.8 Å². The zero-order valence-electron chi connectivity index (χ0n) is 10.7. The Labute approximate surface area is 107 Å². The van der Waals surface area contributed by atoms with Gasteiger partial charge in [-0.05, 0) is 37.0 Å². The van der Waals surface area contributed by atoms with Crippen LogP contribution < -0.4 is 4.74 Å². The Bertz CT molecular complexity index is 425. The first-order valence-electron chi connectivity index (χ1n) is 6.34. The molecule has 2 rings (SSSR count). The number of ether oxygens (including phenoxy) is 1. The average Bonchev–Trinajstić information content (AvgIpc) is 2.42. The van der Waals surface area contributed by atoms with Crippen LogP contribution in [-0.4, -0.2) is 36.1 Å². The molecule has 1 aliphatic rings. The molecule has 1 aliphatic heterocycles. The number of hydrogen-bond acceptors (Lipinski definition) is 3. The topological polar surface area (TPSA) is 49.8 Å². The van der Waals surface area contributed by atoms with E-state index in [2.05, 4.69) is 0 Å². The van der Waals surface area contributed by atoms with Crippen molar-refractivity contribution in [2.45, 2.75) is 25.7 Å². The summed E-state index contributed by atoms with van der Waals surface area (Å²) in [6.45, 7) is 1.74. The molecular formula is C14H19NO3. The quantitative estimate of drug-likeness (QED) is 0.890. The van der Waals surface area contributed by atoms with Gasteiger partial charge in [0.1, 0.15) is 0 Å². The fourth-order valence-electron chi connectivity index (χ4n) is 2.26. The van der Waals surface area contributed by atoms with Gasteiger partial charge in [0.2, 0.25) is 5.91 Å². The molecule has 1 aromatic carbocycles. The van der Waals surface area contributed by atoms with Gasteiger partial charge in [-0.1, -0.05) is 6.07 Å². The molecule has 4 heteroatoms. The first-order valence-corrected chi connectivity index (χ1v) is 6.34. The number of benzene rings is 1. The molecule has 1 saturated heterocycles. The van der Waals surface area contributed by atoms with Crippen molar-refractivity contribution >= 4 is 5.91 Å². The van der Waals surface area contributed by atoms with Crippen molar-refractivity contribution in [2.75, 3.05) is 20.2 Å². The van der Waals surface area contributed by atoms with Crippen molar-refractivity contribution in [3.8, 4) is 11.5 Å². The minimum absolute atomic E-state index is 0.103. The van der Waals surface area contributed by atoms with Crippen LogP contribution in [0.1, 0.15) is 24.8 Å². The molecule has 1 heterocycles. The lowest BCUT2D eigenvalue weighted by Crippen LogP contribution is -2.36. The van der Waals surface area contributed by atoms with Gasteiger partial charge in [0.25, 0.3) is 0 Å². The van der Waals surface area contributed by atoms with Crippen LogP contribution in [0.5, 0.6) is 11.5 Å². The van der Waals surface area contributed by atoms with E-state index < -0.39 is 0 Å². The molecule has 0 saturated carbocycles. The van der Waals surface area contributed by atoms with Crippen molar-refractivity contribution < 1.29 is 14.6 Å². The van der Waals surface area contributed by atoms with Crippen molar-refractivity contribution in [1.82, 2.24) is 4.90 Å². The van der Waals surface area contributed by atoms with Gasteiger partial charge in [0, 0.05) is 13.1 Å². The number of aromatic hydroxyl groups is 1. The van der Waals surface area contributed by atoms with E-state index in [1.807, 2.05) is 4.90 Å². The molecule has 0 radical (unpaired) electrons. The Morgan fingerprint density at radius 2 is 2.06 bits per heavy atom. The second-order valence-electron chi connectivity index (χ2n) is 4.62. The van der Waals surface area contributed by atoms with Crippen LogP contribution in [0.15, 0.2) is 18.2 Å². The maximum absolute atomic E-state index is 12.1. The highest BCUT2D eigenvalue weighted by molar-refractivity contribution is 5.79. The summed E-state index contributed by atoms with van der Waals surface area (Å²) in [4.78, 5) is 14.0. The summed E-state index contributed by atoms with van der Waals surface area (Å²) in [5.41, 5.74) is 0.875. The summed E-state index contributed by atoms with van der Waals surface area (Å²) in [7, 11) is 1.51. The maximum atomic E-state index is 12.1. The fraction of sp³-hybridized carbons (Fsp3) is 0.500. The number of methoxy groups -OCH3 is 1. The van der Waals surface area contributed by atoms with Crippen LogP contribution in [0.2, 0.25) is 0 Å². The molecule has 4 nitrogen and oxygen atoms in total. The Morgan fingerprint density at radius 1 is 1.33 bits per heavy atom. The Balaban J connectivity index is 2.02. The molecule has 0 aliphatic carbocycles. The number of rotatable bonds is 3. The second kappa shape index (κ2) is 5.76. The summed E-state index contributed by atoms with van der Waals surface area (Å²) >= 11 is 0. The van der Waals surface area contributed by atoms with Gasteiger partial charge >= 0.3 is 0 Å². The Hall–Kier alpha value is -1.71. The molecule has 18 heavy (non-hydrogen) atoms. The number of phenolic OH excluding ortho intramolecular Hbond substituents is 1. The number of hydrogen-bond donors (Lipinski definition) is 1. The normalized spacial score (nSPS) is 15.5. The van der Waals surface area contributed by atoms with E-state index in [0.29, 0.717) is 12.2 Å². The van der Waals surface area contributed by atoms with E-state index in [9.17, 15) is 9.90 Å². The zero-order chi connectivity index (χ0) is 13.0.